The van der Waals surface area contributed by atoms with Gasteiger partial charge >= 0.3 is 5.97 Å². The van der Waals surface area contributed by atoms with Crippen molar-refractivity contribution in [1.29, 1.82) is 0 Å². The van der Waals surface area contributed by atoms with Gasteiger partial charge in [-0.1, -0.05) is 59.6 Å². The van der Waals surface area contributed by atoms with Gasteiger partial charge in [0.05, 0.1) is 0 Å². The summed E-state index contributed by atoms with van der Waals surface area (Å²) in [5.74, 6) is -0.297. The Morgan fingerprint density at radius 3 is 2.59 bits per heavy atom. The molecule has 3 N–H and O–H groups in total. The highest BCUT2D eigenvalue weighted by Gasteiger charge is 2.20. The standard InChI is InChI=1S/C25H22Cl2N2O3/c26-19-9-10-24(32-15-16-5-1-3-7-21(16)27)18(11-19)14-29-23(25(30)31)12-17-13-28-22-8-4-2-6-20(17)22/h1-11,13,23,28-29H,12,14-15H2,(H,30,31)/t23-/m0/s1. The lowest BCUT2D eigenvalue weighted by Gasteiger charge is -2.17. The van der Waals surface area contributed by atoms with Crippen LogP contribution in [0.25, 0.3) is 10.9 Å². The van der Waals surface area contributed by atoms with Gasteiger partial charge in [-0.2, -0.15) is 0 Å². The van der Waals surface area contributed by atoms with Crippen molar-refractivity contribution in [3.05, 3.63) is 99.7 Å². The number of carboxylic acid groups (broad SMARTS) is 1. The number of carboxylic acids is 1. The van der Waals surface area contributed by atoms with Crippen LogP contribution in [0.1, 0.15) is 16.7 Å². The summed E-state index contributed by atoms with van der Waals surface area (Å²) in [4.78, 5) is 15.1. The molecule has 4 aromatic rings. The predicted molar refractivity (Wildman–Crippen MR) is 128 cm³/mol. The summed E-state index contributed by atoms with van der Waals surface area (Å²) in [6, 6.07) is 19.8. The first-order chi connectivity index (χ1) is 15.5. The molecule has 3 aromatic carbocycles. The summed E-state index contributed by atoms with van der Waals surface area (Å²) < 4.78 is 5.98. The molecule has 0 saturated heterocycles. The van der Waals surface area contributed by atoms with E-state index in [9.17, 15) is 9.90 Å². The Morgan fingerprint density at radius 1 is 1.00 bits per heavy atom. The fraction of sp³-hybridized carbons (Fsp3) is 0.160. The molecule has 0 aliphatic carbocycles. The molecule has 7 heteroatoms. The van der Waals surface area contributed by atoms with Crippen molar-refractivity contribution in [3.8, 4) is 5.75 Å². The van der Waals surface area contributed by atoms with E-state index in [0.717, 1.165) is 27.6 Å². The highest BCUT2D eigenvalue weighted by atomic mass is 35.5. The van der Waals surface area contributed by atoms with E-state index in [1.165, 1.54) is 0 Å². The molecule has 0 aliphatic rings. The molecule has 0 saturated carbocycles. The van der Waals surface area contributed by atoms with Crippen LogP contribution in [0.4, 0.5) is 0 Å². The highest BCUT2D eigenvalue weighted by molar-refractivity contribution is 6.31. The van der Waals surface area contributed by atoms with E-state index < -0.39 is 12.0 Å². The molecule has 32 heavy (non-hydrogen) atoms. The molecule has 4 rings (SSSR count). The number of carbonyl (C=O) groups is 1. The predicted octanol–water partition coefficient (Wildman–Crippen LogP) is 5.84. The van der Waals surface area contributed by atoms with Gasteiger partial charge in [-0.3, -0.25) is 10.1 Å². The molecule has 0 spiro atoms. The average Bonchev–Trinajstić information content (AvgIpc) is 3.19. The first kappa shape index (κ1) is 22.2. The van der Waals surface area contributed by atoms with Crippen molar-refractivity contribution >= 4 is 40.1 Å². The van der Waals surface area contributed by atoms with E-state index in [1.807, 2.05) is 54.7 Å². The minimum atomic E-state index is -0.921. The minimum Gasteiger partial charge on any atom is -0.489 e. The molecular formula is C25H22Cl2N2O3. The lowest BCUT2D eigenvalue weighted by Crippen LogP contribution is -2.38. The smallest absolute Gasteiger partial charge is 0.321 e. The Bertz CT molecular complexity index is 1240. The monoisotopic (exact) mass is 468 g/mol. The molecule has 0 amide bonds. The van der Waals surface area contributed by atoms with Crippen LogP contribution in [0.3, 0.4) is 0 Å². The van der Waals surface area contributed by atoms with Gasteiger partial charge in [-0.05, 0) is 35.9 Å². The Morgan fingerprint density at radius 2 is 1.78 bits per heavy atom. The normalized spacial score (nSPS) is 12.1. The van der Waals surface area contributed by atoms with Crippen LogP contribution < -0.4 is 10.1 Å². The van der Waals surface area contributed by atoms with E-state index in [-0.39, 0.29) is 6.54 Å². The Hall–Kier alpha value is -2.99. The molecule has 0 radical (unpaired) electrons. The van der Waals surface area contributed by atoms with E-state index in [0.29, 0.717) is 28.8 Å². The van der Waals surface area contributed by atoms with Gasteiger partial charge in [0.2, 0.25) is 0 Å². The second-order valence-corrected chi connectivity index (χ2v) is 8.31. The summed E-state index contributed by atoms with van der Waals surface area (Å²) in [6.45, 7) is 0.587. The second kappa shape index (κ2) is 10.1. The zero-order chi connectivity index (χ0) is 22.5. The summed E-state index contributed by atoms with van der Waals surface area (Å²) >= 11 is 12.4. The number of hydrogen-bond donors (Lipinski definition) is 3. The number of fused-ring (bicyclic) bond motifs is 1. The number of aromatic nitrogens is 1. The van der Waals surface area contributed by atoms with Gasteiger partial charge in [0.1, 0.15) is 18.4 Å². The number of aromatic amines is 1. The van der Waals surface area contributed by atoms with Gasteiger partial charge in [-0.15, -0.1) is 0 Å². The van der Waals surface area contributed by atoms with Gasteiger partial charge in [0.25, 0.3) is 0 Å². The number of aliphatic carboxylic acids is 1. The van der Waals surface area contributed by atoms with Crippen molar-refractivity contribution in [3.63, 3.8) is 0 Å². The van der Waals surface area contributed by atoms with E-state index in [2.05, 4.69) is 10.3 Å². The maximum absolute atomic E-state index is 11.9. The first-order valence-corrected chi connectivity index (χ1v) is 10.9. The third kappa shape index (κ3) is 5.25. The molecule has 164 valence electrons. The number of para-hydroxylation sites is 1. The number of nitrogens with one attached hydrogen (secondary N) is 2. The minimum absolute atomic E-state index is 0.289. The zero-order valence-corrected chi connectivity index (χ0v) is 18.7. The third-order valence-corrected chi connectivity index (χ3v) is 5.90. The topological polar surface area (TPSA) is 74.3 Å². The van der Waals surface area contributed by atoms with Gasteiger partial charge in [0, 0.05) is 51.2 Å². The second-order valence-electron chi connectivity index (χ2n) is 7.47. The van der Waals surface area contributed by atoms with Gasteiger partial charge < -0.3 is 14.8 Å². The van der Waals surface area contributed by atoms with E-state index >= 15 is 0 Å². The fourth-order valence-corrected chi connectivity index (χ4v) is 3.98. The number of hydrogen-bond acceptors (Lipinski definition) is 3. The largest absolute Gasteiger partial charge is 0.489 e. The lowest BCUT2D eigenvalue weighted by molar-refractivity contribution is -0.139. The number of rotatable bonds is 9. The van der Waals surface area contributed by atoms with Crippen molar-refractivity contribution < 1.29 is 14.6 Å². The summed E-state index contributed by atoms with van der Waals surface area (Å²) in [7, 11) is 0. The molecular weight excluding hydrogens is 447 g/mol. The quantitative estimate of drug-likeness (QED) is 0.288. The van der Waals surface area contributed by atoms with Crippen LogP contribution >= 0.6 is 23.2 Å². The van der Waals surface area contributed by atoms with Crippen LogP contribution in [0.5, 0.6) is 5.75 Å². The first-order valence-electron chi connectivity index (χ1n) is 10.2. The maximum atomic E-state index is 11.9. The molecule has 0 aliphatic heterocycles. The third-order valence-electron chi connectivity index (χ3n) is 5.30. The zero-order valence-electron chi connectivity index (χ0n) is 17.1. The van der Waals surface area contributed by atoms with E-state index in [4.69, 9.17) is 27.9 Å². The Labute approximate surface area is 195 Å². The number of benzene rings is 3. The van der Waals surface area contributed by atoms with Crippen molar-refractivity contribution in [2.45, 2.75) is 25.6 Å². The van der Waals surface area contributed by atoms with Crippen molar-refractivity contribution in [2.24, 2.45) is 0 Å². The van der Waals surface area contributed by atoms with Crippen LogP contribution in [0.2, 0.25) is 10.0 Å². The van der Waals surface area contributed by atoms with Crippen LogP contribution in [-0.2, 0) is 24.4 Å². The van der Waals surface area contributed by atoms with Gasteiger partial charge in [0.15, 0.2) is 0 Å². The average molecular weight is 469 g/mol. The molecule has 1 heterocycles. The number of H-pyrrole nitrogens is 1. The molecule has 0 bridgehead atoms. The van der Waals surface area contributed by atoms with Crippen LogP contribution in [0.15, 0.2) is 72.9 Å². The molecule has 1 atom stereocenters. The SMILES string of the molecule is O=C(O)[C@H](Cc1c[nH]c2ccccc12)NCc1cc(Cl)ccc1OCc1ccccc1Cl. The Kier molecular flexibility index (Phi) is 7.00. The molecule has 0 unspecified atom stereocenters. The number of halogens is 2. The highest BCUT2D eigenvalue weighted by Crippen LogP contribution is 2.26. The van der Waals surface area contributed by atoms with Crippen LogP contribution in [0, 0.1) is 0 Å². The fourth-order valence-electron chi connectivity index (χ4n) is 3.60. The summed E-state index contributed by atoms with van der Waals surface area (Å²) in [5, 5.41) is 15.1. The summed E-state index contributed by atoms with van der Waals surface area (Å²) in [5.41, 5.74) is 3.57. The van der Waals surface area contributed by atoms with Gasteiger partial charge in [-0.25, -0.2) is 0 Å². The van der Waals surface area contributed by atoms with Crippen LogP contribution in [-0.4, -0.2) is 22.1 Å². The molecule has 1 aromatic heterocycles. The van der Waals surface area contributed by atoms with Crippen molar-refractivity contribution in [1.82, 2.24) is 10.3 Å². The van der Waals surface area contributed by atoms with Crippen molar-refractivity contribution in [2.75, 3.05) is 0 Å². The molecule has 5 nitrogen and oxygen atoms in total. The summed E-state index contributed by atoms with van der Waals surface area (Å²) in [6.07, 6.45) is 2.20. The number of ether oxygens (including phenoxy) is 1. The molecule has 0 fully saturated rings. The Balaban J connectivity index is 1.48. The lowest BCUT2D eigenvalue weighted by atomic mass is 10.0. The van der Waals surface area contributed by atoms with E-state index in [1.54, 1.807) is 18.2 Å². The maximum Gasteiger partial charge on any atom is 0.321 e.